The van der Waals surface area contributed by atoms with Crippen molar-refractivity contribution in [3.05, 3.63) is 101 Å². The fourth-order valence-corrected chi connectivity index (χ4v) is 4.84. The number of carbonyl (C=O) groups is 3. The first kappa shape index (κ1) is 24.3. The van der Waals surface area contributed by atoms with Crippen molar-refractivity contribution in [3.8, 4) is 5.75 Å². The Hall–Kier alpha value is -4.39. The van der Waals surface area contributed by atoms with Crippen LogP contribution < -0.4 is 15.4 Å². The van der Waals surface area contributed by atoms with Gasteiger partial charge < -0.3 is 15.4 Å². The van der Waals surface area contributed by atoms with Gasteiger partial charge in [0.05, 0.1) is 12.2 Å². The molecular weight excluding hydrogens is 466 g/mol. The van der Waals surface area contributed by atoms with E-state index in [1.165, 1.54) is 0 Å². The lowest BCUT2D eigenvalue weighted by Crippen LogP contribution is -2.41. The third-order valence-corrected chi connectivity index (χ3v) is 6.90. The van der Waals surface area contributed by atoms with E-state index in [0.717, 1.165) is 22.4 Å². The fraction of sp³-hybridized carbons (Fsp3) is 0.233. The van der Waals surface area contributed by atoms with E-state index in [1.54, 1.807) is 40.1 Å². The number of anilines is 1. The van der Waals surface area contributed by atoms with Crippen molar-refractivity contribution in [1.29, 1.82) is 0 Å². The van der Waals surface area contributed by atoms with Crippen molar-refractivity contribution in [2.75, 3.05) is 18.0 Å². The molecule has 188 valence electrons. The molecule has 3 aromatic rings. The van der Waals surface area contributed by atoms with E-state index in [4.69, 9.17) is 10.5 Å². The maximum Gasteiger partial charge on any atom is 0.294 e. The molecule has 37 heavy (non-hydrogen) atoms. The number of nitrogens with zero attached hydrogens (tertiary/aromatic N) is 2. The van der Waals surface area contributed by atoms with Crippen LogP contribution >= 0.6 is 0 Å². The first-order valence-electron chi connectivity index (χ1n) is 12.4. The molecule has 1 fully saturated rings. The number of primary amides is 1. The van der Waals surface area contributed by atoms with Gasteiger partial charge in [-0.2, -0.15) is 0 Å². The molecule has 0 atom stereocenters. The molecule has 2 aliphatic rings. The number of piperidine rings is 1. The number of aryl methyl sites for hydroxylation is 1. The fourth-order valence-electron chi connectivity index (χ4n) is 4.84. The molecule has 2 N–H and O–H groups in total. The van der Waals surface area contributed by atoms with Gasteiger partial charge in [-0.3, -0.25) is 19.3 Å². The van der Waals surface area contributed by atoms with Gasteiger partial charge in [-0.25, -0.2) is 0 Å². The summed E-state index contributed by atoms with van der Waals surface area (Å²) in [6.07, 6.45) is 2.88. The van der Waals surface area contributed by atoms with Crippen LogP contribution in [0.5, 0.6) is 5.75 Å². The Labute approximate surface area is 216 Å². The quantitative estimate of drug-likeness (QED) is 0.534. The van der Waals surface area contributed by atoms with Crippen molar-refractivity contribution in [1.82, 2.24) is 4.90 Å². The highest BCUT2D eigenvalue weighted by molar-refractivity contribution is 6.09. The molecule has 0 unspecified atom stereocenters. The van der Waals surface area contributed by atoms with E-state index in [0.29, 0.717) is 43.8 Å². The van der Waals surface area contributed by atoms with Crippen molar-refractivity contribution < 1.29 is 19.1 Å². The van der Waals surface area contributed by atoms with Crippen LogP contribution in [0.1, 0.15) is 39.9 Å². The average molecular weight is 496 g/mol. The van der Waals surface area contributed by atoms with Crippen molar-refractivity contribution in [3.63, 3.8) is 0 Å². The van der Waals surface area contributed by atoms with E-state index in [9.17, 15) is 14.4 Å². The number of amides is 3. The first-order valence-corrected chi connectivity index (χ1v) is 12.4. The number of likely N-dealkylation sites (tertiary alicyclic amines) is 1. The molecular formula is C30H29N3O4. The van der Waals surface area contributed by atoms with Gasteiger partial charge >= 0.3 is 0 Å². The summed E-state index contributed by atoms with van der Waals surface area (Å²) in [6.45, 7) is 3.48. The number of hydrogen-bond donors (Lipinski definition) is 1. The lowest BCUT2D eigenvalue weighted by atomic mass is 9.96. The number of carbonyl (C=O) groups excluding carboxylic acids is 3. The predicted octanol–water partition coefficient (Wildman–Crippen LogP) is 4.30. The van der Waals surface area contributed by atoms with Crippen LogP contribution in [0.25, 0.3) is 6.08 Å². The summed E-state index contributed by atoms with van der Waals surface area (Å²) in [4.78, 5) is 41.3. The maximum atomic E-state index is 13.5. The Morgan fingerprint density at radius 1 is 1.00 bits per heavy atom. The first-order chi connectivity index (χ1) is 17.9. The lowest BCUT2D eigenvalue weighted by molar-refractivity contribution is -0.123. The van der Waals surface area contributed by atoms with Crippen LogP contribution in [-0.4, -0.2) is 35.7 Å². The SMILES string of the molecule is Cc1cccc(CN2C(=O)/C(=C\c3ccc(C(=O)N4CCC(C(N)=O)CC4)cc3)Oc3ccccc32)c1. The summed E-state index contributed by atoms with van der Waals surface area (Å²) >= 11 is 0. The van der Waals surface area contributed by atoms with Crippen LogP contribution in [0.2, 0.25) is 0 Å². The summed E-state index contributed by atoms with van der Waals surface area (Å²) in [5.41, 5.74) is 9.60. The standard InChI is InChI=1S/C30H29N3O4/c1-20-5-4-6-22(17-20)19-33-25-7-2-3-8-26(25)37-27(30(33)36)18-21-9-11-24(12-10-21)29(35)32-15-13-23(14-16-32)28(31)34/h2-12,17-18,23H,13-16,19H2,1H3,(H2,31,34)/b27-18+. The molecule has 5 rings (SSSR count). The van der Waals surface area contributed by atoms with Crippen LogP contribution in [0.4, 0.5) is 5.69 Å². The minimum Gasteiger partial charge on any atom is -0.449 e. The highest BCUT2D eigenvalue weighted by Gasteiger charge is 2.30. The number of rotatable bonds is 5. The zero-order valence-electron chi connectivity index (χ0n) is 20.7. The normalized spacial score (nSPS) is 16.9. The van der Waals surface area contributed by atoms with Gasteiger partial charge in [-0.15, -0.1) is 0 Å². The van der Waals surface area contributed by atoms with Crippen LogP contribution in [0, 0.1) is 12.8 Å². The highest BCUT2D eigenvalue weighted by Crippen LogP contribution is 2.36. The van der Waals surface area contributed by atoms with E-state index in [-0.39, 0.29) is 29.4 Å². The largest absolute Gasteiger partial charge is 0.449 e. The second-order valence-corrected chi connectivity index (χ2v) is 9.55. The molecule has 3 aromatic carbocycles. The van der Waals surface area contributed by atoms with Gasteiger partial charge in [-0.1, -0.05) is 54.1 Å². The number of benzene rings is 3. The number of ether oxygens (including phenoxy) is 1. The zero-order chi connectivity index (χ0) is 25.9. The molecule has 2 heterocycles. The van der Waals surface area contributed by atoms with E-state index in [1.807, 2.05) is 49.4 Å². The summed E-state index contributed by atoms with van der Waals surface area (Å²) in [6, 6.07) is 22.7. The Kier molecular flexibility index (Phi) is 6.77. The summed E-state index contributed by atoms with van der Waals surface area (Å²) in [7, 11) is 0. The highest BCUT2D eigenvalue weighted by atomic mass is 16.5. The van der Waals surface area contributed by atoms with E-state index in [2.05, 4.69) is 6.07 Å². The molecule has 0 bridgehead atoms. The van der Waals surface area contributed by atoms with Crippen LogP contribution in [-0.2, 0) is 16.1 Å². The van der Waals surface area contributed by atoms with Gasteiger partial charge in [0.15, 0.2) is 11.5 Å². The average Bonchev–Trinajstić information content (AvgIpc) is 2.91. The van der Waals surface area contributed by atoms with E-state index >= 15 is 0 Å². The molecule has 7 nitrogen and oxygen atoms in total. The van der Waals surface area contributed by atoms with Crippen LogP contribution in [0.15, 0.2) is 78.6 Å². The third-order valence-electron chi connectivity index (χ3n) is 6.90. The Morgan fingerprint density at radius 3 is 2.43 bits per heavy atom. The van der Waals surface area contributed by atoms with Gasteiger partial charge in [0, 0.05) is 24.6 Å². The lowest BCUT2D eigenvalue weighted by Gasteiger charge is -2.31. The minimum absolute atomic E-state index is 0.0784. The topological polar surface area (TPSA) is 92.9 Å². The summed E-state index contributed by atoms with van der Waals surface area (Å²) in [5, 5.41) is 0. The summed E-state index contributed by atoms with van der Waals surface area (Å²) in [5.74, 6) is 0.0694. The number of hydrogen-bond acceptors (Lipinski definition) is 4. The molecule has 7 heteroatoms. The Balaban J connectivity index is 1.34. The van der Waals surface area contributed by atoms with Gasteiger partial charge in [0.2, 0.25) is 5.91 Å². The molecule has 0 saturated carbocycles. The van der Waals surface area contributed by atoms with Crippen molar-refractivity contribution in [2.45, 2.75) is 26.3 Å². The van der Waals surface area contributed by atoms with E-state index < -0.39 is 0 Å². The van der Waals surface area contributed by atoms with Gasteiger partial charge in [0.1, 0.15) is 0 Å². The minimum atomic E-state index is -0.302. The van der Waals surface area contributed by atoms with Gasteiger partial charge in [0.25, 0.3) is 11.8 Å². The number of para-hydroxylation sites is 2. The molecule has 1 saturated heterocycles. The number of fused-ring (bicyclic) bond motifs is 1. The van der Waals surface area contributed by atoms with Crippen LogP contribution in [0.3, 0.4) is 0 Å². The predicted molar refractivity (Wildman–Crippen MR) is 142 cm³/mol. The third kappa shape index (κ3) is 5.26. The summed E-state index contributed by atoms with van der Waals surface area (Å²) < 4.78 is 6.00. The molecule has 3 amide bonds. The number of nitrogens with two attached hydrogens (primary N) is 1. The van der Waals surface area contributed by atoms with Crippen molar-refractivity contribution >= 4 is 29.5 Å². The second-order valence-electron chi connectivity index (χ2n) is 9.55. The Bertz CT molecular complexity index is 1370. The monoisotopic (exact) mass is 495 g/mol. The van der Waals surface area contributed by atoms with Gasteiger partial charge in [-0.05, 0) is 61.2 Å². The smallest absolute Gasteiger partial charge is 0.294 e. The molecule has 0 aliphatic carbocycles. The molecule has 0 aromatic heterocycles. The second kappa shape index (κ2) is 10.3. The van der Waals surface area contributed by atoms with Crippen molar-refractivity contribution in [2.24, 2.45) is 11.7 Å². The molecule has 0 radical (unpaired) electrons. The zero-order valence-corrected chi connectivity index (χ0v) is 20.7. The Morgan fingerprint density at radius 2 is 1.73 bits per heavy atom. The maximum absolute atomic E-state index is 13.5. The molecule has 0 spiro atoms. The molecule has 2 aliphatic heterocycles.